The summed E-state index contributed by atoms with van der Waals surface area (Å²) in [6.07, 6.45) is 4.72. The molecule has 3 nitrogen and oxygen atoms in total. The number of hydrogen-bond donors (Lipinski definition) is 1. The van der Waals surface area contributed by atoms with Crippen LogP contribution in [0.4, 0.5) is 0 Å². The number of aryl methyl sites for hydroxylation is 1. The van der Waals surface area contributed by atoms with Crippen molar-refractivity contribution in [2.45, 2.75) is 45.6 Å². The second kappa shape index (κ2) is 6.98. The molecule has 2 atom stereocenters. The molecule has 2 rings (SSSR count). The molecule has 2 unspecified atom stereocenters. The van der Waals surface area contributed by atoms with Crippen LogP contribution in [-0.4, -0.2) is 18.6 Å². The van der Waals surface area contributed by atoms with Crippen LogP contribution >= 0.6 is 11.6 Å². The van der Waals surface area contributed by atoms with Gasteiger partial charge in [-0.25, -0.2) is 0 Å². The Balaban J connectivity index is 1.84. The third-order valence-corrected chi connectivity index (χ3v) is 4.22. The molecule has 1 aromatic rings. The Kier molecular flexibility index (Phi) is 5.30. The fourth-order valence-electron chi connectivity index (χ4n) is 2.64. The standard InChI is InChI=1S/C16H22ClNO2/c1-11-7-8-13(17)15(9-11)20-10-16(19)18-14-6-4-3-5-12(14)2/h7-9,12,14H,3-6,10H2,1-2H3,(H,18,19). The SMILES string of the molecule is Cc1ccc(Cl)c(OCC(=O)NC2CCCCC2C)c1. The molecule has 1 N–H and O–H groups in total. The molecular weight excluding hydrogens is 274 g/mol. The molecule has 1 amide bonds. The maximum atomic E-state index is 11.9. The van der Waals surface area contributed by atoms with Crippen LogP contribution in [0.25, 0.3) is 0 Å². The number of benzene rings is 1. The number of amides is 1. The van der Waals surface area contributed by atoms with Gasteiger partial charge in [-0.15, -0.1) is 0 Å². The van der Waals surface area contributed by atoms with Crippen LogP contribution in [0.2, 0.25) is 5.02 Å². The van der Waals surface area contributed by atoms with Gasteiger partial charge < -0.3 is 10.1 Å². The fourth-order valence-corrected chi connectivity index (χ4v) is 2.82. The predicted molar refractivity (Wildman–Crippen MR) is 81.2 cm³/mol. The van der Waals surface area contributed by atoms with Gasteiger partial charge in [0.2, 0.25) is 0 Å². The zero-order valence-corrected chi connectivity index (χ0v) is 12.9. The van der Waals surface area contributed by atoms with E-state index in [1.54, 1.807) is 6.07 Å². The summed E-state index contributed by atoms with van der Waals surface area (Å²) < 4.78 is 5.51. The zero-order valence-electron chi connectivity index (χ0n) is 12.1. The molecule has 1 aromatic carbocycles. The summed E-state index contributed by atoms with van der Waals surface area (Å²) in [5.41, 5.74) is 1.06. The lowest BCUT2D eigenvalue weighted by Crippen LogP contribution is -2.43. The number of carbonyl (C=O) groups excluding carboxylic acids is 1. The van der Waals surface area contributed by atoms with Crippen molar-refractivity contribution in [2.75, 3.05) is 6.61 Å². The summed E-state index contributed by atoms with van der Waals surface area (Å²) in [6.45, 7) is 4.18. The van der Waals surface area contributed by atoms with Crippen LogP contribution < -0.4 is 10.1 Å². The van der Waals surface area contributed by atoms with Gasteiger partial charge in [0.1, 0.15) is 5.75 Å². The third kappa shape index (κ3) is 4.14. The number of ether oxygens (including phenoxy) is 1. The Bertz CT molecular complexity index is 476. The Morgan fingerprint density at radius 2 is 2.15 bits per heavy atom. The lowest BCUT2D eigenvalue weighted by Gasteiger charge is -2.29. The first-order valence-electron chi connectivity index (χ1n) is 7.24. The van der Waals surface area contributed by atoms with Crippen LogP contribution in [0.1, 0.15) is 38.2 Å². The molecule has 0 heterocycles. The Labute approximate surface area is 125 Å². The van der Waals surface area contributed by atoms with Crippen LogP contribution in [0, 0.1) is 12.8 Å². The van der Waals surface area contributed by atoms with Gasteiger partial charge in [-0.2, -0.15) is 0 Å². The highest BCUT2D eigenvalue weighted by atomic mass is 35.5. The van der Waals surface area contributed by atoms with E-state index in [9.17, 15) is 4.79 Å². The highest BCUT2D eigenvalue weighted by Gasteiger charge is 2.22. The minimum atomic E-state index is -0.0682. The second-order valence-electron chi connectivity index (χ2n) is 5.66. The van der Waals surface area contributed by atoms with E-state index in [2.05, 4.69) is 12.2 Å². The van der Waals surface area contributed by atoms with E-state index in [0.717, 1.165) is 12.0 Å². The first-order valence-corrected chi connectivity index (χ1v) is 7.62. The highest BCUT2D eigenvalue weighted by Crippen LogP contribution is 2.26. The third-order valence-electron chi connectivity index (χ3n) is 3.90. The Morgan fingerprint density at radius 1 is 1.40 bits per heavy atom. The summed E-state index contributed by atoms with van der Waals surface area (Å²) >= 11 is 6.04. The molecule has 110 valence electrons. The van der Waals surface area contributed by atoms with E-state index in [0.29, 0.717) is 16.7 Å². The van der Waals surface area contributed by atoms with Crippen molar-refractivity contribution in [2.24, 2.45) is 5.92 Å². The van der Waals surface area contributed by atoms with Crippen molar-refractivity contribution in [3.05, 3.63) is 28.8 Å². The summed E-state index contributed by atoms with van der Waals surface area (Å²) in [6, 6.07) is 5.83. The van der Waals surface area contributed by atoms with Gasteiger partial charge in [0.05, 0.1) is 5.02 Å². The Morgan fingerprint density at radius 3 is 2.90 bits per heavy atom. The van der Waals surface area contributed by atoms with Gasteiger partial charge in [0.15, 0.2) is 6.61 Å². The van der Waals surface area contributed by atoms with Gasteiger partial charge in [0, 0.05) is 6.04 Å². The van der Waals surface area contributed by atoms with E-state index in [1.165, 1.54) is 19.3 Å². The average Bonchev–Trinajstić information content (AvgIpc) is 2.42. The maximum absolute atomic E-state index is 11.9. The quantitative estimate of drug-likeness (QED) is 0.919. The second-order valence-corrected chi connectivity index (χ2v) is 6.07. The lowest BCUT2D eigenvalue weighted by atomic mass is 9.86. The normalized spacial score (nSPS) is 22.4. The van der Waals surface area contributed by atoms with Crippen molar-refractivity contribution >= 4 is 17.5 Å². The van der Waals surface area contributed by atoms with E-state index >= 15 is 0 Å². The molecule has 0 bridgehead atoms. The van der Waals surface area contributed by atoms with Gasteiger partial charge in [-0.3, -0.25) is 4.79 Å². The van der Waals surface area contributed by atoms with Crippen molar-refractivity contribution in [3.8, 4) is 5.75 Å². The van der Waals surface area contributed by atoms with E-state index < -0.39 is 0 Å². The van der Waals surface area contributed by atoms with Crippen LogP contribution in [0.5, 0.6) is 5.75 Å². The number of nitrogens with one attached hydrogen (secondary N) is 1. The molecule has 20 heavy (non-hydrogen) atoms. The van der Waals surface area contributed by atoms with Crippen molar-refractivity contribution in [1.29, 1.82) is 0 Å². The zero-order chi connectivity index (χ0) is 14.5. The first kappa shape index (κ1) is 15.2. The van der Waals surface area contributed by atoms with E-state index in [4.69, 9.17) is 16.3 Å². The van der Waals surface area contributed by atoms with Crippen molar-refractivity contribution < 1.29 is 9.53 Å². The number of halogens is 1. The minimum Gasteiger partial charge on any atom is -0.482 e. The summed E-state index contributed by atoms with van der Waals surface area (Å²) in [7, 11) is 0. The van der Waals surface area contributed by atoms with Crippen LogP contribution in [0.3, 0.4) is 0 Å². The van der Waals surface area contributed by atoms with E-state index in [1.807, 2.05) is 19.1 Å². The van der Waals surface area contributed by atoms with Gasteiger partial charge in [-0.1, -0.05) is 37.4 Å². The molecular formula is C16H22ClNO2. The molecule has 1 aliphatic carbocycles. The monoisotopic (exact) mass is 295 g/mol. The number of rotatable bonds is 4. The van der Waals surface area contributed by atoms with Crippen LogP contribution in [0.15, 0.2) is 18.2 Å². The minimum absolute atomic E-state index is 0.0202. The van der Waals surface area contributed by atoms with Gasteiger partial charge >= 0.3 is 0 Å². The predicted octanol–water partition coefficient (Wildman–Crippen LogP) is 3.72. The topological polar surface area (TPSA) is 38.3 Å². The lowest BCUT2D eigenvalue weighted by molar-refractivity contribution is -0.124. The molecule has 0 spiro atoms. The van der Waals surface area contributed by atoms with E-state index in [-0.39, 0.29) is 18.6 Å². The summed E-state index contributed by atoms with van der Waals surface area (Å²) in [5.74, 6) is 1.05. The summed E-state index contributed by atoms with van der Waals surface area (Å²) in [4.78, 5) is 11.9. The molecule has 4 heteroatoms. The first-order chi connectivity index (χ1) is 9.56. The van der Waals surface area contributed by atoms with Gasteiger partial charge in [0.25, 0.3) is 5.91 Å². The number of carbonyl (C=O) groups is 1. The average molecular weight is 296 g/mol. The highest BCUT2D eigenvalue weighted by molar-refractivity contribution is 6.32. The molecule has 1 aliphatic rings. The Hall–Kier alpha value is -1.22. The number of hydrogen-bond acceptors (Lipinski definition) is 2. The van der Waals surface area contributed by atoms with Crippen molar-refractivity contribution in [3.63, 3.8) is 0 Å². The summed E-state index contributed by atoms with van der Waals surface area (Å²) in [5, 5.41) is 3.60. The fraction of sp³-hybridized carbons (Fsp3) is 0.562. The van der Waals surface area contributed by atoms with Crippen LogP contribution in [-0.2, 0) is 4.79 Å². The largest absolute Gasteiger partial charge is 0.482 e. The molecule has 0 radical (unpaired) electrons. The molecule has 0 aromatic heterocycles. The molecule has 1 saturated carbocycles. The molecule has 1 fully saturated rings. The van der Waals surface area contributed by atoms with Crippen molar-refractivity contribution in [1.82, 2.24) is 5.32 Å². The molecule has 0 saturated heterocycles. The molecule has 0 aliphatic heterocycles. The smallest absolute Gasteiger partial charge is 0.258 e. The van der Waals surface area contributed by atoms with Gasteiger partial charge in [-0.05, 0) is 43.4 Å². The maximum Gasteiger partial charge on any atom is 0.258 e.